The van der Waals surface area contributed by atoms with Crippen LogP contribution in [0.25, 0.3) is 21.6 Å². The predicted molar refractivity (Wildman–Crippen MR) is 108 cm³/mol. The second-order valence-corrected chi connectivity index (χ2v) is 7.69. The van der Waals surface area contributed by atoms with E-state index < -0.39 is 5.97 Å². The number of carbonyl (C=O) groups is 1. The molecule has 0 spiro atoms. The van der Waals surface area contributed by atoms with Crippen LogP contribution in [0.1, 0.15) is 27.4 Å². The second-order valence-electron chi connectivity index (χ2n) is 6.33. The number of carboxylic acid groups (broad SMARTS) is 1. The van der Waals surface area contributed by atoms with Crippen molar-refractivity contribution in [3.05, 3.63) is 69.4 Å². The summed E-state index contributed by atoms with van der Waals surface area (Å²) in [5.41, 5.74) is 4.08. The topological polar surface area (TPSA) is 68.0 Å². The maximum absolute atomic E-state index is 11.4. The first-order valence-electron chi connectivity index (χ1n) is 8.34. The van der Waals surface area contributed by atoms with Gasteiger partial charge in [-0.15, -0.1) is 11.3 Å². The number of carboxylic acids is 1. The molecule has 1 N–H and O–H groups in total. The molecule has 27 heavy (non-hydrogen) atoms. The van der Waals surface area contributed by atoms with Gasteiger partial charge in [-0.1, -0.05) is 29.8 Å². The lowest BCUT2D eigenvalue weighted by Crippen LogP contribution is -2.07. The molecule has 0 amide bonds. The third-order valence-corrected chi connectivity index (χ3v) is 5.76. The Morgan fingerprint density at radius 3 is 2.70 bits per heavy atom. The molecule has 0 aliphatic heterocycles. The highest BCUT2D eigenvalue weighted by atomic mass is 35.5. The summed E-state index contributed by atoms with van der Waals surface area (Å²) in [6.07, 6.45) is 0. The van der Waals surface area contributed by atoms with Crippen molar-refractivity contribution in [3.8, 4) is 10.4 Å². The van der Waals surface area contributed by atoms with Crippen LogP contribution in [-0.4, -0.2) is 25.6 Å². The molecule has 136 valence electrons. The Labute approximate surface area is 164 Å². The normalized spacial score (nSPS) is 11.2. The van der Waals surface area contributed by atoms with Crippen LogP contribution in [0.3, 0.4) is 0 Å². The van der Waals surface area contributed by atoms with Gasteiger partial charge in [0.1, 0.15) is 11.3 Å². The van der Waals surface area contributed by atoms with Crippen LogP contribution < -0.4 is 0 Å². The maximum Gasteiger partial charge on any atom is 0.354 e. The summed E-state index contributed by atoms with van der Waals surface area (Å²) in [6, 6.07) is 11.6. The zero-order chi connectivity index (χ0) is 19.1. The Morgan fingerprint density at radius 2 is 2.04 bits per heavy atom. The third kappa shape index (κ3) is 3.22. The van der Waals surface area contributed by atoms with E-state index in [-0.39, 0.29) is 5.69 Å². The number of hydrogen-bond donors (Lipinski definition) is 1. The van der Waals surface area contributed by atoms with Gasteiger partial charge in [0, 0.05) is 9.90 Å². The Morgan fingerprint density at radius 1 is 1.22 bits per heavy atom. The summed E-state index contributed by atoms with van der Waals surface area (Å²) >= 11 is 8.20. The largest absolute Gasteiger partial charge is 0.477 e. The van der Waals surface area contributed by atoms with E-state index in [4.69, 9.17) is 11.6 Å². The van der Waals surface area contributed by atoms with E-state index in [9.17, 15) is 9.90 Å². The van der Waals surface area contributed by atoms with Crippen molar-refractivity contribution in [2.24, 2.45) is 0 Å². The van der Waals surface area contributed by atoms with Gasteiger partial charge in [0.15, 0.2) is 11.3 Å². The minimum Gasteiger partial charge on any atom is -0.477 e. The molecule has 7 heteroatoms. The number of thiophene rings is 1. The van der Waals surface area contributed by atoms with E-state index >= 15 is 0 Å². The van der Waals surface area contributed by atoms with Crippen LogP contribution in [0, 0.1) is 13.8 Å². The highest BCUT2D eigenvalue weighted by Crippen LogP contribution is 2.30. The summed E-state index contributed by atoms with van der Waals surface area (Å²) in [7, 11) is 0. The van der Waals surface area contributed by atoms with Crippen LogP contribution in [0.5, 0.6) is 0 Å². The van der Waals surface area contributed by atoms with Crippen molar-refractivity contribution in [2.45, 2.75) is 20.4 Å². The number of imidazole rings is 1. The molecular formula is C20H16ClN3O2S. The monoisotopic (exact) mass is 397 g/mol. The molecule has 0 aliphatic rings. The minimum atomic E-state index is -1.05. The van der Waals surface area contributed by atoms with Gasteiger partial charge in [-0.25, -0.2) is 14.8 Å². The predicted octanol–water partition coefficient (Wildman–Crippen LogP) is 5.18. The summed E-state index contributed by atoms with van der Waals surface area (Å²) in [4.78, 5) is 21.4. The van der Waals surface area contributed by atoms with E-state index in [1.165, 1.54) is 0 Å². The van der Waals surface area contributed by atoms with Gasteiger partial charge >= 0.3 is 5.97 Å². The standard InChI is InChI=1S/C20H16ClN3O2S/c1-11-8-16(20(25)26)23-19-18(11)22-12(2)24(19)10-14-6-5-13(9-15(14)21)17-4-3-7-27-17/h3-9H,10H2,1-2H3,(H,25,26). The van der Waals surface area contributed by atoms with Crippen LogP contribution >= 0.6 is 22.9 Å². The first kappa shape index (κ1) is 17.7. The van der Waals surface area contributed by atoms with E-state index in [2.05, 4.69) is 16.0 Å². The summed E-state index contributed by atoms with van der Waals surface area (Å²) in [6.45, 7) is 4.20. The summed E-state index contributed by atoms with van der Waals surface area (Å²) in [5.74, 6) is -0.287. The quantitative estimate of drug-likeness (QED) is 0.515. The van der Waals surface area contributed by atoms with Gasteiger partial charge in [0.25, 0.3) is 0 Å². The lowest BCUT2D eigenvalue weighted by Gasteiger charge is -2.10. The molecule has 1 aromatic carbocycles. The first-order chi connectivity index (χ1) is 12.9. The molecule has 0 fully saturated rings. The number of hydrogen-bond acceptors (Lipinski definition) is 4. The van der Waals surface area contributed by atoms with E-state index in [1.807, 2.05) is 48.1 Å². The van der Waals surface area contributed by atoms with Crippen LogP contribution in [0.2, 0.25) is 5.02 Å². The lowest BCUT2D eigenvalue weighted by molar-refractivity contribution is 0.0690. The van der Waals surface area contributed by atoms with Crippen molar-refractivity contribution in [3.63, 3.8) is 0 Å². The Hall–Kier alpha value is -2.70. The number of aryl methyl sites for hydroxylation is 2. The van der Waals surface area contributed by atoms with Crippen molar-refractivity contribution >= 4 is 40.1 Å². The van der Waals surface area contributed by atoms with E-state index in [1.54, 1.807) is 17.4 Å². The number of aromatic carboxylic acids is 1. The van der Waals surface area contributed by atoms with Crippen molar-refractivity contribution in [2.75, 3.05) is 0 Å². The molecule has 5 nitrogen and oxygen atoms in total. The number of benzene rings is 1. The van der Waals surface area contributed by atoms with Crippen molar-refractivity contribution < 1.29 is 9.90 Å². The van der Waals surface area contributed by atoms with Crippen LogP contribution in [0.4, 0.5) is 0 Å². The molecule has 0 unspecified atom stereocenters. The van der Waals surface area contributed by atoms with Gasteiger partial charge in [-0.05, 0) is 54.1 Å². The van der Waals surface area contributed by atoms with Crippen LogP contribution in [-0.2, 0) is 6.54 Å². The lowest BCUT2D eigenvalue weighted by atomic mass is 10.1. The van der Waals surface area contributed by atoms with Crippen LogP contribution in [0.15, 0.2) is 41.8 Å². The average Bonchev–Trinajstić information content (AvgIpc) is 3.26. The first-order valence-corrected chi connectivity index (χ1v) is 9.60. The number of pyridine rings is 1. The molecule has 4 rings (SSSR count). The van der Waals surface area contributed by atoms with E-state index in [0.29, 0.717) is 22.7 Å². The van der Waals surface area contributed by atoms with Crippen molar-refractivity contribution in [1.82, 2.24) is 14.5 Å². The highest BCUT2D eigenvalue weighted by Gasteiger charge is 2.16. The maximum atomic E-state index is 11.4. The summed E-state index contributed by atoms with van der Waals surface area (Å²) in [5, 5.41) is 12.0. The zero-order valence-electron chi connectivity index (χ0n) is 14.7. The number of rotatable bonds is 4. The number of fused-ring (bicyclic) bond motifs is 1. The number of nitrogens with zero attached hydrogens (tertiary/aromatic N) is 3. The molecule has 4 aromatic rings. The Kier molecular flexibility index (Phi) is 4.45. The molecule has 0 radical (unpaired) electrons. The third-order valence-electron chi connectivity index (χ3n) is 4.49. The molecule has 0 saturated heterocycles. The van der Waals surface area contributed by atoms with E-state index in [0.717, 1.165) is 27.4 Å². The van der Waals surface area contributed by atoms with Gasteiger partial charge in [0.2, 0.25) is 0 Å². The van der Waals surface area contributed by atoms with Gasteiger partial charge in [-0.3, -0.25) is 0 Å². The van der Waals surface area contributed by atoms with Gasteiger partial charge < -0.3 is 9.67 Å². The minimum absolute atomic E-state index is 0.0142. The summed E-state index contributed by atoms with van der Waals surface area (Å²) < 4.78 is 1.90. The molecule has 3 heterocycles. The number of halogens is 1. The molecule has 3 aromatic heterocycles. The average molecular weight is 398 g/mol. The molecule has 0 saturated carbocycles. The smallest absolute Gasteiger partial charge is 0.354 e. The Balaban J connectivity index is 1.77. The molecule has 0 atom stereocenters. The highest BCUT2D eigenvalue weighted by molar-refractivity contribution is 7.13. The van der Waals surface area contributed by atoms with Crippen molar-refractivity contribution in [1.29, 1.82) is 0 Å². The molecular weight excluding hydrogens is 382 g/mol. The fraction of sp³-hybridized carbons (Fsp3) is 0.150. The molecule has 0 bridgehead atoms. The SMILES string of the molecule is Cc1cc(C(=O)O)nc2c1nc(C)n2Cc1ccc(-c2cccs2)cc1Cl. The zero-order valence-corrected chi connectivity index (χ0v) is 16.3. The Bertz CT molecular complexity index is 1170. The fourth-order valence-corrected chi connectivity index (χ4v) is 4.06. The second kappa shape index (κ2) is 6.79. The number of aromatic nitrogens is 3. The van der Waals surface area contributed by atoms with Gasteiger partial charge in [0.05, 0.1) is 6.54 Å². The van der Waals surface area contributed by atoms with Gasteiger partial charge in [-0.2, -0.15) is 0 Å². The fourth-order valence-electron chi connectivity index (χ4n) is 3.09. The molecule has 0 aliphatic carbocycles.